The zero-order chi connectivity index (χ0) is 16.4. The van der Waals surface area contributed by atoms with E-state index in [9.17, 15) is 14.4 Å². The third-order valence-electron chi connectivity index (χ3n) is 2.90. The summed E-state index contributed by atoms with van der Waals surface area (Å²) >= 11 is 0. The maximum atomic E-state index is 11.6. The van der Waals surface area contributed by atoms with E-state index in [0.717, 1.165) is 5.56 Å². The smallest absolute Gasteiger partial charge is 0.408 e. The van der Waals surface area contributed by atoms with Crippen LogP contribution in [0.1, 0.15) is 24.8 Å². The summed E-state index contributed by atoms with van der Waals surface area (Å²) in [5.74, 6) is -1.60. The number of benzene rings is 1. The number of carbonyl (C=O) groups is 3. The van der Waals surface area contributed by atoms with Gasteiger partial charge in [0.15, 0.2) is 0 Å². The van der Waals surface area contributed by atoms with Crippen molar-refractivity contribution in [1.29, 1.82) is 0 Å². The minimum Gasteiger partial charge on any atom is -0.480 e. The molecule has 120 valence electrons. The lowest BCUT2D eigenvalue weighted by Gasteiger charge is -2.14. The highest BCUT2D eigenvalue weighted by Crippen LogP contribution is 2.05. The Balaban J connectivity index is 2.37. The fourth-order valence-corrected chi connectivity index (χ4v) is 1.72. The van der Waals surface area contributed by atoms with Gasteiger partial charge in [0.25, 0.3) is 0 Å². The van der Waals surface area contributed by atoms with Crippen LogP contribution in [0.3, 0.4) is 0 Å². The summed E-state index contributed by atoms with van der Waals surface area (Å²) in [7, 11) is 1.26. The second kappa shape index (κ2) is 9.38. The number of carbonyl (C=O) groups excluding carboxylic acids is 2. The highest BCUT2D eigenvalue weighted by Gasteiger charge is 2.20. The van der Waals surface area contributed by atoms with Crippen molar-refractivity contribution in [3.05, 3.63) is 35.9 Å². The lowest BCUT2D eigenvalue weighted by molar-refractivity contribution is -0.142. The molecule has 0 saturated heterocycles. The summed E-state index contributed by atoms with van der Waals surface area (Å²) < 4.78 is 9.42. The first-order valence-electron chi connectivity index (χ1n) is 6.79. The Hall–Kier alpha value is -2.57. The molecule has 0 unspecified atom stereocenters. The minimum atomic E-state index is -1.18. The minimum absolute atomic E-state index is 0.0567. The topological polar surface area (TPSA) is 102 Å². The Morgan fingerprint density at radius 2 is 1.91 bits per heavy atom. The second-order valence-electron chi connectivity index (χ2n) is 4.57. The van der Waals surface area contributed by atoms with Crippen molar-refractivity contribution >= 4 is 18.0 Å². The maximum Gasteiger partial charge on any atom is 0.408 e. The lowest BCUT2D eigenvalue weighted by Crippen LogP contribution is -2.41. The van der Waals surface area contributed by atoms with Crippen molar-refractivity contribution in [2.45, 2.75) is 31.9 Å². The van der Waals surface area contributed by atoms with Crippen LogP contribution in [0.5, 0.6) is 0 Å². The highest BCUT2D eigenvalue weighted by atomic mass is 16.5. The number of nitrogens with one attached hydrogen (secondary N) is 1. The zero-order valence-electron chi connectivity index (χ0n) is 12.3. The molecule has 0 bridgehead atoms. The summed E-state index contributed by atoms with van der Waals surface area (Å²) in [5, 5.41) is 11.3. The van der Waals surface area contributed by atoms with Gasteiger partial charge in [0.2, 0.25) is 0 Å². The molecule has 0 aliphatic carbocycles. The van der Waals surface area contributed by atoms with E-state index in [1.807, 2.05) is 18.2 Å². The maximum absolute atomic E-state index is 11.6. The molecule has 0 aliphatic rings. The zero-order valence-corrected chi connectivity index (χ0v) is 12.3. The molecule has 0 radical (unpaired) electrons. The fourth-order valence-electron chi connectivity index (χ4n) is 1.72. The average Bonchev–Trinajstić information content (AvgIpc) is 2.52. The van der Waals surface area contributed by atoms with Crippen molar-refractivity contribution in [2.75, 3.05) is 7.11 Å². The Morgan fingerprint density at radius 1 is 1.23 bits per heavy atom. The van der Waals surface area contributed by atoms with E-state index >= 15 is 0 Å². The van der Waals surface area contributed by atoms with Crippen molar-refractivity contribution < 1.29 is 29.0 Å². The third kappa shape index (κ3) is 6.74. The van der Waals surface area contributed by atoms with Crippen molar-refractivity contribution in [2.24, 2.45) is 0 Å². The lowest BCUT2D eigenvalue weighted by atomic mass is 10.1. The Kier molecular flexibility index (Phi) is 7.45. The van der Waals surface area contributed by atoms with Gasteiger partial charge in [0.1, 0.15) is 12.6 Å². The fraction of sp³-hybridized carbons (Fsp3) is 0.400. The average molecular weight is 309 g/mol. The normalized spacial score (nSPS) is 11.3. The van der Waals surface area contributed by atoms with Gasteiger partial charge in [0.05, 0.1) is 7.11 Å². The molecule has 2 N–H and O–H groups in total. The van der Waals surface area contributed by atoms with Gasteiger partial charge in [-0.15, -0.1) is 0 Å². The van der Waals surface area contributed by atoms with Crippen LogP contribution in [-0.2, 0) is 25.7 Å². The van der Waals surface area contributed by atoms with Crippen LogP contribution in [0.2, 0.25) is 0 Å². The molecule has 0 aliphatic heterocycles. The van der Waals surface area contributed by atoms with E-state index in [2.05, 4.69) is 10.1 Å². The first-order chi connectivity index (χ1) is 10.5. The standard InChI is InChI=1S/C15H19NO6/c1-21-13(17)9-5-8-12(14(18)19)16-15(20)22-10-11-6-3-2-4-7-11/h2-4,6-7,12H,5,8-10H2,1H3,(H,16,20)(H,18,19)/t12-/m1/s1. The third-order valence-corrected chi connectivity index (χ3v) is 2.90. The van der Waals surface area contributed by atoms with Gasteiger partial charge in [-0.2, -0.15) is 0 Å². The molecule has 1 amide bonds. The Labute approximate surface area is 128 Å². The Morgan fingerprint density at radius 3 is 2.50 bits per heavy atom. The predicted molar refractivity (Wildman–Crippen MR) is 77.1 cm³/mol. The van der Waals surface area contributed by atoms with Crippen molar-refractivity contribution in [1.82, 2.24) is 5.32 Å². The molecule has 1 atom stereocenters. The molecule has 7 nitrogen and oxygen atoms in total. The van der Waals surface area contributed by atoms with Crippen molar-refractivity contribution in [3.8, 4) is 0 Å². The van der Waals surface area contributed by atoms with Gasteiger partial charge in [-0.25, -0.2) is 9.59 Å². The largest absolute Gasteiger partial charge is 0.480 e. The number of rotatable bonds is 8. The van der Waals surface area contributed by atoms with Gasteiger partial charge in [-0.1, -0.05) is 30.3 Å². The monoisotopic (exact) mass is 309 g/mol. The molecule has 0 saturated carbocycles. The molecule has 0 spiro atoms. The second-order valence-corrected chi connectivity index (χ2v) is 4.57. The number of ether oxygens (including phenoxy) is 2. The first kappa shape index (κ1) is 17.5. The number of alkyl carbamates (subject to hydrolysis) is 1. The van der Waals surface area contributed by atoms with Gasteiger partial charge in [-0.3, -0.25) is 4.79 Å². The number of aliphatic carboxylic acids is 1. The molecule has 1 aromatic carbocycles. The van der Waals surface area contributed by atoms with E-state index in [1.54, 1.807) is 12.1 Å². The van der Waals surface area contributed by atoms with Crippen molar-refractivity contribution in [3.63, 3.8) is 0 Å². The number of esters is 1. The molecule has 0 aromatic heterocycles. The number of carboxylic acid groups (broad SMARTS) is 1. The van der Waals surface area contributed by atoms with E-state index in [1.165, 1.54) is 7.11 Å². The Bertz CT molecular complexity index is 502. The molecular weight excluding hydrogens is 290 g/mol. The first-order valence-corrected chi connectivity index (χ1v) is 6.79. The molecule has 1 aromatic rings. The van der Waals surface area contributed by atoms with E-state index < -0.39 is 24.1 Å². The van der Waals surface area contributed by atoms with Crippen LogP contribution in [0.4, 0.5) is 4.79 Å². The highest BCUT2D eigenvalue weighted by molar-refractivity contribution is 5.79. The van der Waals surface area contributed by atoms with E-state index in [4.69, 9.17) is 9.84 Å². The number of hydrogen-bond acceptors (Lipinski definition) is 5. The van der Waals surface area contributed by atoms with Crippen LogP contribution in [0.15, 0.2) is 30.3 Å². The predicted octanol–water partition coefficient (Wildman–Crippen LogP) is 1.71. The van der Waals surface area contributed by atoms with Gasteiger partial charge < -0.3 is 19.9 Å². The number of methoxy groups -OCH3 is 1. The van der Waals surface area contributed by atoms with E-state index in [-0.39, 0.29) is 19.4 Å². The quantitative estimate of drug-likeness (QED) is 0.709. The molecule has 7 heteroatoms. The van der Waals surface area contributed by atoms with Gasteiger partial charge >= 0.3 is 18.0 Å². The van der Waals surface area contributed by atoms with Gasteiger partial charge in [0, 0.05) is 6.42 Å². The van der Waals surface area contributed by atoms with Crippen LogP contribution in [0.25, 0.3) is 0 Å². The van der Waals surface area contributed by atoms with Crippen LogP contribution in [-0.4, -0.2) is 36.3 Å². The summed E-state index contributed by atoms with van der Waals surface area (Å²) in [4.78, 5) is 33.6. The summed E-state index contributed by atoms with van der Waals surface area (Å²) in [6.45, 7) is 0.0567. The van der Waals surface area contributed by atoms with Crippen LogP contribution in [0, 0.1) is 0 Å². The molecular formula is C15H19NO6. The number of carboxylic acids is 1. The SMILES string of the molecule is COC(=O)CCC[C@@H](NC(=O)OCc1ccccc1)C(=O)O. The summed E-state index contributed by atoms with van der Waals surface area (Å²) in [5.41, 5.74) is 0.801. The van der Waals surface area contributed by atoms with Gasteiger partial charge in [-0.05, 0) is 18.4 Å². The molecule has 0 heterocycles. The number of amides is 1. The van der Waals surface area contributed by atoms with E-state index in [0.29, 0.717) is 6.42 Å². The summed E-state index contributed by atoms with van der Waals surface area (Å²) in [6.07, 6.45) is -0.302. The van der Waals surface area contributed by atoms with Crippen LogP contribution >= 0.6 is 0 Å². The van der Waals surface area contributed by atoms with Crippen LogP contribution < -0.4 is 5.32 Å². The molecule has 1 rings (SSSR count). The summed E-state index contributed by atoms with van der Waals surface area (Å²) in [6, 6.07) is 7.93. The number of hydrogen-bond donors (Lipinski definition) is 2. The molecule has 22 heavy (non-hydrogen) atoms. The molecule has 0 fully saturated rings.